The van der Waals surface area contributed by atoms with Gasteiger partial charge < -0.3 is 14.6 Å². The van der Waals surface area contributed by atoms with E-state index in [0.29, 0.717) is 41.0 Å². The Hall–Kier alpha value is -3.00. The van der Waals surface area contributed by atoms with E-state index in [9.17, 15) is 4.79 Å². The fourth-order valence-corrected chi connectivity index (χ4v) is 2.36. The van der Waals surface area contributed by atoms with Gasteiger partial charge in [-0.05, 0) is 26.0 Å². The van der Waals surface area contributed by atoms with Crippen molar-refractivity contribution < 1.29 is 14.1 Å². The topological polar surface area (TPSA) is 106 Å². The molecule has 124 valence electrons. The summed E-state index contributed by atoms with van der Waals surface area (Å²) in [4.78, 5) is 16.7. The smallest absolute Gasteiger partial charge is 0.261 e. The van der Waals surface area contributed by atoms with Crippen LogP contribution in [0.4, 0.5) is 5.69 Å². The first-order valence-electron chi connectivity index (χ1n) is 7.33. The molecule has 0 spiro atoms. The van der Waals surface area contributed by atoms with Crippen LogP contribution in [-0.4, -0.2) is 33.4 Å². The van der Waals surface area contributed by atoms with Gasteiger partial charge >= 0.3 is 0 Å². The monoisotopic (exact) mass is 327 g/mol. The molecule has 0 aliphatic rings. The molecular weight excluding hydrogens is 310 g/mol. The lowest BCUT2D eigenvalue weighted by Gasteiger charge is -2.06. The average Bonchev–Trinajstić information content (AvgIpc) is 3.15. The van der Waals surface area contributed by atoms with Gasteiger partial charge in [-0.3, -0.25) is 9.89 Å². The number of hydrogen-bond acceptors (Lipinski definition) is 6. The van der Waals surface area contributed by atoms with Crippen molar-refractivity contribution >= 4 is 11.6 Å². The summed E-state index contributed by atoms with van der Waals surface area (Å²) in [5.74, 6) is 1.39. The summed E-state index contributed by atoms with van der Waals surface area (Å²) in [6, 6.07) is 7.29. The van der Waals surface area contributed by atoms with Gasteiger partial charge in [-0.1, -0.05) is 17.3 Å². The highest BCUT2D eigenvalue weighted by Crippen LogP contribution is 2.21. The van der Waals surface area contributed by atoms with Crippen LogP contribution in [-0.2, 0) is 11.3 Å². The summed E-state index contributed by atoms with van der Waals surface area (Å²) in [5, 5.41) is 13.6. The quantitative estimate of drug-likeness (QED) is 0.745. The minimum absolute atomic E-state index is 0.265. The van der Waals surface area contributed by atoms with Gasteiger partial charge in [0.05, 0.1) is 5.69 Å². The van der Waals surface area contributed by atoms with Crippen LogP contribution in [0.15, 0.2) is 28.8 Å². The van der Waals surface area contributed by atoms with Crippen LogP contribution in [0.25, 0.3) is 11.4 Å². The van der Waals surface area contributed by atoms with Crippen molar-refractivity contribution in [3.05, 3.63) is 47.1 Å². The number of ether oxygens (including phenoxy) is 1. The van der Waals surface area contributed by atoms with Crippen molar-refractivity contribution in [2.24, 2.45) is 0 Å². The molecule has 0 saturated carbocycles. The molecule has 2 N–H and O–H groups in total. The van der Waals surface area contributed by atoms with Gasteiger partial charge in [-0.2, -0.15) is 5.10 Å². The number of rotatable bonds is 5. The Kier molecular flexibility index (Phi) is 4.39. The maximum atomic E-state index is 12.4. The summed E-state index contributed by atoms with van der Waals surface area (Å²) >= 11 is 0. The molecule has 3 rings (SSSR count). The normalized spacial score (nSPS) is 10.8. The molecule has 0 aliphatic carbocycles. The van der Waals surface area contributed by atoms with E-state index >= 15 is 0 Å². The van der Waals surface area contributed by atoms with Gasteiger partial charge in [0.25, 0.3) is 5.91 Å². The molecule has 2 aromatic heterocycles. The van der Waals surface area contributed by atoms with Crippen LogP contribution in [0.3, 0.4) is 0 Å². The van der Waals surface area contributed by atoms with E-state index < -0.39 is 0 Å². The number of nitrogens with one attached hydrogen (secondary N) is 2. The largest absolute Gasteiger partial charge is 0.377 e. The fourth-order valence-electron chi connectivity index (χ4n) is 2.36. The molecule has 1 amide bonds. The molecular formula is C16H17N5O3. The van der Waals surface area contributed by atoms with Crippen LogP contribution in [0.2, 0.25) is 0 Å². The molecule has 2 heterocycles. The SMILES string of the molecule is COCc1nc(-c2cccc(NC(=O)c3c(C)noc3C)c2)n[nH]1. The number of H-pyrrole nitrogens is 1. The Balaban J connectivity index is 1.81. The Morgan fingerprint density at radius 1 is 1.38 bits per heavy atom. The lowest BCUT2D eigenvalue weighted by Crippen LogP contribution is -2.13. The molecule has 1 aromatic carbocycles. The zero-order chi connectivity index (χ0) is 17.1. The molecule has 8 nitrogen and oxygen atoms in total. The third-order valence-corrected chi connectivity index (χ3v) is 3.45. The Morgan fingerprint density at radius 2 is 2.21 bits per heavy atom. The highest BCUT2D eigenvalue weighted by atomic mass is 16.5. The highest BCUT2D eigenvalue weighted by molar-refractivity contribution is 6.05. The van der Waals surface area contributed by atoms with Gasteiger partial charge in [-0.15, -0.1) is 0 Å². The number of carbonyl (C=O) groups excluding carboxylic acids is 1. The highest BCUT2D eigenvalue weighted by Gasteiger charge is 2.17. The van der Waals surface area contributed by atoms with E-state index in [-0.39, 0.29) is 5.91 Å². The number of aromatic amines is 1. The Labute approximate surface area is 138 Å². The fraction of sp³-hybridized carbons (Fsp3) is 0.250. The van der Waals surface area contributed by atoms with Crippen molar-refractivity contribution in [3.8, 4) is 11.4 Å². The van der Waals surface area contributed by atoms with E-state index in [1.165, 1.54) is 0 Å². The van der Waals surface area contributed by atoms with Crippen LogP contribution in [0.5, 0.6) is 0 Å². The summed E-state index contributed by atoms with van der Waals surface area (Å²) < 4.78 is 10.0. The Morgan fingerprint density at radius 3 is 2.92 bits per heavy atom. The van der Waals surface area contributed by atoms with Crippen molar-refractivity contribution in [3.63, 3.8) is 0 Å². The number of amides is 1. The van der Waals surface area contributed by atoms with Crippen molar-refractivity contribution in [2.75, 3.05) is 12.4 Å². The zero-order valence-electron chi connectivity index (χ0n) is 13.6. The number of aryl methyl sites for hydroxylation is 2. The molecule has 0 saturated heterocycles. The molecule has 0 bridgehead atoms. The molecule has 0 atom stereocenters. The third-order valence-electron chi connectivity index (χ3n) is 3.45. The predicted octanol–water partition coefficient (Wildman–Crippen LogP) is 2.48. The lowest BCUT2D eigenvalue weighted by molar-refractivity contribution is 0.102. The molecule has 0 aliphatic heterocycles. The van der Waals surface area contributed by atoms with Crippen LogP contribution >= 0.6 is 0 Å². The first-order chi connectivity index (χ1) is 11.6. The first-order valence-corrected chi connectivity index (χ1v) is 7.33. The maximum absolute atomic E-state index is 12.4. The van der Waals surface area contributed by atoms with E-state index in [1.54, 1.807) is 33.1 Å². The second-order valence-corrected chi connectivity index (χ2v) is 5.27. The number of methoxy groups -OCH3 is 1. The van der Waals surface area contributed by atoms with Crippen molar-refractivity contribution in [1.82, 2.24) is 20.3 Å². The van der Waals surface area contributed by atoms with Crippen LogP contribution in [0, 0.1) is 13.8 Å². The number of benzene rings is 1. The van der Waals surface area contributed by atoms with Gasteiger partial charge in [0.2, 0.25) is 0 Å². The second-order valence-electron chi connectivity index (χ2n) is 5.27. The lowest BCUT2D eigenvalue weighted by atomic mass is 10.1. The van der Waals surface area contributed by atoms with Gasteiger partial charge in [0.1, 0.15) is 17.9 Å². The minimum Gasteiger partial charge on any atom is -0.377 e. The van der Waals surface area contributed by atoms with Gasteiger partial charge in [-0.25, -0.2) is 4.98 Å². The Bertz CT molecular complexity index is 849. The average molecular weight is 327 g/mol. The van der Waals surface area contributed by atoms with Crippen molar-refractivity contribution in [1.29, 1.82) is 0 Å². The molecule has 0 radical (unpaired) electrons. The second kappa shape index (κ2) is 6.63. The van der Waals surface area contributed by atoms with Crippen LogP contribution in [0.1, 0.15) is 27.6 Å². The van der Waals surface area contributed by atoms with Crippen LogP contribution < -0.4 is 5.32 Å². The molecule has 24 heavy (non-hydrogen) atoms. The standard InChI is InChI=1S/C16H17N5O3/c1-9-14(10(2)24-21-9)16(22)17-12-6-4-5-11(7-12)15-18-13(8-23-3)19-20-15/h4-7H,8H2,1-3H3,(H,17,22)(H,18,19,20). The van der Waals surface area contributed by atoms with Crippen molar-refractivity contribution in [2.45, 2.75) is 20.5 Å². The molecule has 0 unspecified atom stereocenters. The maximum Gasteiger partial charge on any atom is 0.261 e. The van der Waals surface area contributed by atoms with Gasteiger partial charge in [0, 0.05) is 18.4 Å². The van der Waals surface area contributed by atoms with E-state index in [1.807, 2.05) is 12.1 Å². The minimum atomic E-state index is -0.265. The number of anilines is 1. The first kappa shape index (κ1) is 15.9. The third kappa shape index (κ3) is 3.18. The summed E-state index contributed by atoms with van der Waals surface area (Å²) in [6.45, 7) is 3.79. The number of nitrogens with zero attached hydrogens (tertiary/aromatic N) is 3. The summed E-state index contributed by atoms with van der Waals surface area (Å²) in [5.41, 5.74) is 2.42. The summed E-state index contributed by atoms with van der Waals surface area (Å²) in [7, 11) is 1.59. The molecule has 3 aromatic rings. The zero-order valence-corrected chi connectivity index (χ0v) is 13.6. The molecule has 0 fully saturated rings. The van der Waals surface area contributed by atoms with E-state index in [4.69, 9.17) is 9.26 Å². The predicted molar refractivity (Wildman–Crippen MR) is 86.5 cm³/mol. The van der Waals surface area contributed by atoms with E-state index in [2.05, 4.69) is 25.7 Å². The summed E-state index contributed by atoms with van der Waals surface area (Å²) in [6.07, 6.45) is 0. The number of carbonyl (C=O) groups is 1. The van der Waals surface area contributed by atoms with Gasteiger partial charge in [0.15, 0.2) is 11.6 Å². The number of hydrogen-bond donors (Lipinski definition) is 2. The van der Waals surface area contributed by atoms with E-state index in [0.717, 1.165) is 5.56 Å². The number of aromatic nitrogens is 4. The molecule has 8 heteroatoms.